The highest BCUT2D eigenvalue weighted by molar-refractivity contribution is 8.01. The molecule has 1 aromatic heterocycles. The van der Waals surface area contributed by atoms with Crippen molar-refractivity contribution < 1.29 is 9.59 Å². The largest absolute Gasteiger partial charge is 0.354 e. The summed E-state index contributed by atoms with van der Waals surface area (Å²) >= 11 is 1.68. The molecule has 2 atom stereocenters. The monoisotopic (exact) mass is 367 g/mol. The summed E-state index contributed by atoms with van der Waals surface area (Å²) < 4.78 is -0.344. The molecule has 5 nitrogen and oxygen atoms in total. The van der Waals surface area contributed by atoms with E-state index in [9.17, 15) is 9.59 Å². The molecule has 1 saturated heterocycles. The average Bonchev–Trinajstić information content (AvgIpc) is 3.06. The summed E-state index contributed by atoms with van der Waals surface area (Å²) in [4.78, 5) is 31.9. The van der Waals surface area contributed by atoms with Crippen molar-refractivity contribution in [2.75, 3.05) is 6.54 Å². The van der Waals surface area contributed by atoms with Crippen molar-refractivity contribution in [2.24, 2.45) is 0 Å². The normalized spacial score (nSPS) is 22.8. The zero-order chi connectivity index (χ0) is 18.3. The van der Waals surface area contributed by atoms with E-state index >= 15 is 0 Å². The molecule has 6 heteroatoms. The van der Waals surface area contributed by atoms with Gasteiger partial charge >= 0.3 is 0 Å². The number of aromatic nitrogens is 1. The van der Waals surface area contributed by atoms with E-state index in [2.05, 4.69) is 10.3 Å². The highest BCUT2D eigenvalue weighted by Crippen LogP contribution is 2.56. The molecular weight excluding hydrogens is 346 g/mol. The first-order chi connectivity index (χ1) is 12.5. The van der Waals surface area contributed by atoms with Crippen molar-refractivity contribution in [3.05, 3.63) is 65.5 Å². The molecular formula is C20H21N3O2S. The standard InChI is InChI=1S/C20H21N3O2S/c1-20(2)16(17(24)22-12-10-13-7-5-6-11-21-13)23-18(25)14-8-3-4-9-15(14)19(23)26-20/h3-9,11,16,19H,10,12H2,1-2H3,(H,22,24)/t16-,19-/m0/s1. The molecule has 3 heterocycles. The third-order valence-electron chi connectivity index (χ3n) is 4.95. The molecule has 134 valence electrons. The molecule has 26 heavy (non-hydrogen) atoms. The summed E-state index contributed by atoms with van der Waals surface area (Å²) in [5.74, 6) is -0.143. The van der Waals surface area contributed by atoms with E-state index in [1.54, 1.807) is 22.9 Å². The van der Waals surface area contributed by atoms with Crippen LogP contribution >= 0.6 is 11.8 Å². The first-order valence-electron chi connectivity index (χ1n) is 8.76. The Hall–Kier alpha value is -2.34. The smallest absolute Gasteiger partial charge is 0.256 e. The van der Waals surface area contributed by atoms with Crippen molar-refractivity contribution in [1.82, 2.24) is 15.2 Å². The molecule has 2 amide bonds. The zero-order valence-electron chi connectivity index (χ0n) is 14.8. The van der Waals surface area contributed by atoms with Gasteiger partial charge in [-0.1, -0.05) is 24.3 Å². The summed E-state index contributed by atoms with van der Waals surface area (Å²) in [5.41, 5.74) is 2.67. The molecule has 0 saturated carbocycles. The van der Waals surface area contributed by atoms with Crippen LogP contribution < -0.4 is 5.32 Å². The third kappa shape index (κ3) is 2.78. The first kappa shape index (κ1) is 17.1. The van der Waals surface area contributed by atoms with Crippen LogP contribution in [0.2, 0.25) is 0 Å². The summed E-state index contributed by atoms with van der Waals surface area (Å²) in [5, 5.41) is 2.92. The molecule has 2 aliphatic rings. The molecule has 0 aliphatic carbocycles. The second-order valence-corrected chi connectivity index (χ2v) is 8.87. The number of pyridine rings is 1. The minimum Gasteiger partial charge on any atom is -0.354 e. The Morgan fingerprint density at radius 3 is 2.77 bits per heavy atom. The van der Waals surface area contributed by atoms with E-state index < -0.39 is 6.04 Å². The van der Waals surface area contributed by atoms with E-state index in [4.69, 9.17) is 0 Å². The van der Waals surface area contributed by atoms with Crippen molar-refractivity contribution in [2.45, 2.75) is 36.4 Å². The molecule has 0 radical (unpaired) electrons. The maximum absolute atomic E-state index is 13.0. The van der Waals surface area contributed by atoms with Gasteiger partial charge in [0.2, 0.25) is 5.91 Å². The van der Waals surface area contributed by atoms with E-state index in [0.29, 0.717) is 18.5 Å². The molecule has 1 N–H and O–H groups in total. The number of fused-ring (bicyclic) bond motifs is 3. The van der Waals surface area contributed by atoms with Gasteiger partial charge in [-0.05, 0) is 37.6 Å². The predicted molar refractivity (Wildman–Crippen MR) is 102 cm³/mol. The third-order valence-corrected chi connectivity index (χ3v) is 6.49. The number of carbonyl (C=O) groups excluding carboxylic acids is 2. The summed E-state index contributed by atoms with van der Waals surface area (Å²) in [7, 11) is 0. The topological polar surface area (TPSA) is 62.3 Å². The number of thioether (sulfide) groups is 1. The van der Waals surface area contributed by atoms with Crippen LogP contribution in [0.4, 0.5) is 0 Å². The Morgan fingerprint density at radius 2 is 2.00 bits per heavy atom. The Labute approximate surface area is 157 Å². The average molecular weight is 367 g/mol. The van der Waals surface area contributed by atoms with Gasteiger partial charge in [0.05, 0.1) is 0 Å². The molecule has 4 rings (SSSR count). The first-order valence-corrected chi connectivity index (χ1v) is 9.64. The maximum atomic E-state index is 13.0. The molecule has 0 bridgehead atoms. The molecule has 2 aromatic rings. The van der Waals surface area contributed by atoms with Gasteiger partial charge in [-0.25, -0.2) is 0 Å². The predicted octanol–water partition coefficient (Wildman–Crippen LogP) is 2.79. The second-order valence-electron chi connectivity index (χ2n) is 7.14. The van der Waals surface area contributed by atoms with Crippen LogP contribution in [-0.2, 0) is 11.2 Å². The van der Waals surface area contributed by atoms with Crippen LogP contribution in [0.1, 0.15) is 40.8 Å². The molecule has 2 aliphatic heterocycles. The fourth-order valence-electron chi connectivity index (χ4n) is 3.76. The van der Waals surface area contributed by atoms with Gasteiger partial charge in [0.25, 0.3) is 5.91 Å². The number of nitrogens with one attached hydrogen (secondary N) is 1. The van der Waals surface area contributed by atoms with Gasteiger partial charge < -0.3 is 10.2 Å². The van der Waals surface area contributed by atoms with E-state index in [0.717, 1.165) is 11.3 Å². The fraction of sp³-hybridized carbons (Fsp3) is 0.350. The van der Waals surface area contributed by atoms with Crippen LogP contribution in [0.3, 0.4) is 0 Å². The summed E-state index contributed by atoms with van der Waals surface area (Å²) in [6, 6.07) is 12.9. The molecule has 1 fully saturated rings. The SMILES string of the molecule is CC1(C)S[C@H]2c3ccccc3C(=O)N2[C@H]1C(=O)NCCc1ccccn1. The lowest BCUT2D eigenvalue weighted by molar-refractivity contribution is -0.126. The van der Waals surface area contributed by atoms with Gasteiger partial charge in [0, 0.05) is 35.2 Å². The minimum atomic E-state index is -0.485. The minimum absolute atomic E-state index is 0.0476. The number of hydrogen-bond acceptors (Lipinski definition) is 4. The highest BCUT2D eigenvalue weighted by atomic mass is 32.2. The van der Waals surface area contributed by atoms with Crippen molar-refractivity contribution in [3.8, 4) is 0 Å². The van der Waals surface area contributed by atoms with E-state index in [1.807, 2.05) is 56.3 Å². The van der Waals surface area contributed by atoms with Gasteiger partial charge in [0.15, 0.2) is 0 Å². The van der Waals surface area contributed by atoms with Crippen LogP contribution in [0, 0.1) is 0 Å². The number of amides is 2. The lowest BCUT2D eigenvalue weighted by atomic mass is 10.0. The van der Waals surface area contributed by atoms with E-state index in [-0.39, 0.29) is 21.9 Å². The summed E-state index contributed by atoms with van der Waals surface area (Å²) in [6.45, 7) is 4.58. The molecule has 0 spiro atoms. The zero-order valence-corrected chi connectivity index (χ0v) is 15.6. The highest BCUT2D eigenvalue weighted by Gasteiger charge is 2.57. The number of benzene rings is 1. The number of nitrogens with zero attached hydrogens (tertiary/aromatic N) is 2. The number of hydrogen-bond donors (Lipinski definition) is 1. The Kier molecular flexibility index (Phi) is 4.23. The quantitative estimate of drug-likeness (QED) is 0.903. The van der Waals surface area contributed by atoms with Gasteiger partial charge in [-0.2, -0.15) is 0 Å². The van der Waals surface area contributed by atoms with Crippen molar-refractivity contribution in [1.29, 1.82) is 0 Å². The second kappa shape index (κ2) is 6.43. The summed E-state index contributed by atoms with van der Waals surface area (Å²) in [6.07, 6.45) is 2.42. The Morgan fingerprint density at radius 1 is 1.23 bits per heavy atom. The Bertz CT molecular complexity index is 853. The van der Waals surface area contributed by atoms with Crippen LogP contribution in [0.25, 0.3) is 0 Å². The lowest BCUT2D eigenvalue weighted by Gasteiger charge is -2.29. The van der Waals surface area contributed by atoms with Crippen LogP contribution in [0.5, 0.6) is 0 Å². The lowest BCUT2D eigenvalue weighted by Crippen LogP contribution is -2.52. The van der Waals surface area contributed by atoms with Gasteiger partial charge in [-0.3, -0.25) is 14.6 Å². The Balaban J connectivity index is 1.50. The number of rotatable bonds is 4. The van der Waals surface area contributed by atoms with Crippen molar-refractivity contribution >= 4 is 23.6 Å². The van der Waals surface area contributed by atoms with Gasteiger partial charge in [-0.15, -0.1) is 11.8 Å². The van der Waals surface area contributed by atoms with Crippen LogP contribution in [0.15, 0.2) is 48.7 Å². The van der Waals surface area contributed by atoms with Crippen LogP contribution in [-0.4, -0.2) is 39.0 Å². The molecule has 1 aromatic carbocycles. The van der Waals surface area contributed by atoms with Gasteiger partial charge in [0.1, 0.15) is 11.4 Å². The van der Waals surface area contributed by atoms with Crippen molar-refractivity contribution in [3.63, 3.8) is 0 Å². The maximum Gasteiger partial charge on any atom is 0.256 e. The van der Waals surface area contributed by atoms with E-state index in [1.165, 1.54) is 0 Å². The number of carbonyl (C=O) groups is 2. The fourth-order valence-corrected chi connectivity index (χ4v) is 5.35. The molecule has 0 unspecified atom stereocenters.